The molecule has 1 heterocycles. The third-order valence-electron chi connectivity index (χ3n) is 4.20. The fourth-order valence-electron chi connectivity index (χ4n) is 2.82. The fraction of sp³-hybridized carbons (Fsp3) is 0.263. The molecule has 1 N–H and O–H groups in total. The highest BCUT2D eigenvalue weighted by Gasteiger charge is 2.43. The van der Waals surface area contributed by atoms with Gasteiger partial charge in [0.05, 0.1) is 11.4 Å². The number of fused-ring (bicyclic) bond motifs is 1. The third-order valence-corrected chi connectivity index (χ3v) is 4.20. The Hall–Kier alpha value is -2.82. The molecule has 0 unspecified atom stereocenters. The van der Waals surface area contributed by atoms with E-state index in [1.807, 2.05) is 49.4 Å². The molecule has 0 bridgehead atoms. The molecule has 0 saturated carbocycles. The average molecular weight is 324 g/mol. The van der Waals surface area contributed by atoms with E-state index in [4.69, 9.17) is 4.74 Å². The van der Waals surface area contributed by atoms with E-state index in [0.29, 0.717) is 17.1 Å². The van der Waals surface area contributed by atoms with E-state index >= 15 is 0 Å². The summed E-state index contributed by atoms with van der Waals surface area (Å²) in [7, 11) is 0. The minimum absolute atomic E-state index is 0.129. The lowest BCUT2D eigenvalue weighted by Gasteiger charge is -2.41. The van der Waals surface area contributed by atoms with Crippen molar-refractivity contribution in [2.24, 2.45) is 0 Å². The Morgan fingerprint density at radius 1 is 1.12 bits per heavy atom. The Kier molecular flexibility index (Phi) is 4.01. The molecule has 0 atom stereocenters. The molecule has 1 aliphatic heterocycles. The molecule has 124 valence electrons. The number of carbonyl (C=O) groups excluding carboxylic acids is 2. The van der Waals surface area contributed by atoms with Crippen molar-refractivity contribution < 1.29 is 14.3 Å². The molecule has 24 heavy (non-hydrogen) atoms. The monoisotopic (exact) mass is 324 g/mol. The zero-order valence-corrected chi connectivity index (χ0v) is 14.0. The van der Waals surface area contributed by atoms with Crippen LogP contribution in [0.4, 0.5) is 11.4 Å². The zero-order valence-electron chi connectivity index (χ0n) is 14.0. The SMILES string of the molecule is Cc1ccccc1OCC(=O)N1c2ccccc2NC(=O)C1(C)C. The molecule has 0 saturated heterocycles. The quantitative estimate of drug-likeness (QED) is 0.943. The van der Waals surface area contributed by atoms with Crippen molar-refractivity contribution in [3.8, 4) is 5.75 Å². The summed E-state index contributed by atoms with van der Waals surface area (Å²) in [5, 5.41) is 2.84. The smallest absolute Gasteiger partial charge is 0.265 e. The van der Waals surface area contributed by atoms with Gasteiger partial charge in [0.15, 0.2) is 6.61 Å². The normalized spacial score (nSPS) is 15.5. The second-order valence-corrected chi connectivity index (χ2v) is 6.31. The van der Waals surface area contributed by atoms with Crippen LogP contribution in [0.15, 0.2) is 48.5 Å². The topological polar surface area (TPSA) is 58.6 Å². The summed E-state index contributed by atoms with van der Waals surface area (Å²) >= 11 is 0. The fourth-order valence-corrected chi connectivity index (χ4v) is 2.82. The van der Waals surface area contributed by atoms with Crippen LogP contribution in [0, 0.1) is 6.92 Å². The van der Waals surface area contributed by atoms with Crippen LogP contribution in [0.5, 0.6) is 5.75 Å². The number of aryl methyl sites for hydroxylation is 1. The molecule has 5 heteroatoms. The molecule has 1 aliphatic rings. The minimum Gasteiger partial charge on any atom is -0.483 e. The van der Waals surface area contributed by atoms with Crippen LogP contribution >= 0.6 is 0 Å². The van der Waals surface area contributed by atoms with Gasteiger partial charge in [0, 0.05) is 0 Å². The number of nitrogens with one attached hydrogen (secondary N) is 1. The van der Waals surface area contributed by atoms with Gasteiger partial charge in [-0.05, 0) is 44.5 Å². The molecule has 2 aromatic rings. The summed E-state index contributed by atoms with van der Waals surface area (Å²) < 4.78 is 5.67. The third kappa shape index (κ3) is 2.73. The Balaban J connectivity index is 1.87. The number of hydrogen-bond donors (Lipinski definition) is 1. The van der Waals surface area contributed by atoms with E-state index in [1.54, 1.807) is 19.9 Å². The van der Waals surface area contributed by atoms with Crippen molar-refractivity contribution >= 4 is 23.2 Å². The van der Waals surface area contributed by atoms with Crippen molar-refractivity contribution in [1.29, 1.82) is 0 Å². The molecule has 2 amide bonds. The van der Waals surface area contributed by atoms with Crippen LogP contribution in [0.1, 0.15) is 19.4 Å². The summed E-state index contributed by atoms with van der Waals surface area (Å²) in [6.07, 6.45) is 0. The zero-order chi connectivity index (χ0) is 17.3. The summed E-state index contributed by atoms with van der Waals surface area (Å²) in [4.78, 5) is 26.7. The molecular formula is C19H20N2O3. The van der Waals surface area contributed by atoms with Gasteiger partial charge in [-0.1, -0.05) is 30.3 Å². The van der Waals surface area contributed by atoms with E-state index in [1.165, 1.54) is 4.90 Å². The second kappa shape index (κ2) is 6.00. The highest BCUT2D eigenvalue weighted by Crippen LogP contribution is 2.36. The van der Waals surface area contributed by atoms with Crippen LogP contribution in [-0.2, 0) is 9.59 Å². The van der Waals surface area contributed by atoms with Crippen LogP contribution < -0.4 is 15.0 Å². The molecule has 0 aliphatic carbocycles. The van der Waals surface area contributed by atoms with E-state index in [-0.39, 0.29) is 18.4 Å². The summed E-state index contributed by atoms with van der Waals surface area (Å²) in [5.41, 5.74) is 1.29. The number of amides is 2. The number of para-hydroxylation sites is 3. The van der Waals surface area contributed by atoms with Crippen molar-refractivity contribution in [2.75, 3.05) is 16.8 Å². The molecule has 0 fully saturated rings. The maximum Gasteiger partial charge on any atom is 0.265 e. The number of benzene rings is 2. The first-order chi connectivity index (χ1) is 11.4. The van der Waals surface area contributed by atoms with E-state index < -0.39 is 5.54 Å². The van der Waals surface area contributed by atoms with Gasteiger partial charge in [-0.25, -0.2) is 0 Å². The van der Waals surface area contributed by atoms with Gasteiger partial charge in [-0.15, -0.1) is 0 Å². The maximum atomic E-state index is 12.8. The molecule has 3 rings (SSSR count). The highest BCUT2D eigenvalue weighted by atomic mass is 16.5. The first kappa shape index (κ1) is 16.1. The van der Waals surface area contributed by atoms with Gasteiger partial charge in [0.2, 0.25) is 5.91 Å². The molecule has 0 radical (unpaired) electrons. The van der Waals surface area contributed by atoms with E-state index in [2.05, 4.69) is 5.32 Å². The van der Waals surface area contributed by atoms with Crippen molar-refractivity contribution in [3.63, 3.8) is 0 Å². The molecule has 0 spiro atoms. The van der Waals surface area contributed by atoms with Crippen molar-refractivity contribution in [1.82, 2.24) is 0 Å². The Morgan fingerprint density at radius 3 is 2.54 bits per heavy atom. The van der Waals surface area contributed by atoms with Crippen LogP contribution in [0.25, 0.3) is 0 Å². The van der Waals surface area contributed by atoms with Gasteiger partial charge in [0.25, 0.3) is 5.91 Å². The summed E-state index contributed by atoms with van der Waals surface area (Å²) in [5.74, 6) is 0.189. The van der Waals surface area contributed by atoms with Crippen LogP contribution in [-0.4, -0.2) is 24.0 Å². The second-order valence-electron chi connectivity index (χ2n) is 6.31. The van der Waals surface area contributed by atoms with Gasteiger partial charge < -0.3 is 10.1 Å². The Morgan fingerprint density at radius 2 is 1.79 bits per heavy atom. The van der Waals surface area contributed by atoms with Crippen molar-refractivity contribution in [2.45, 2.75) is 26.3 Å². The van der Waals surface area contributed by atoms with Crippen molar-refractivity contribution in [3.05, 3.63) is 54.1 Å². The number of rotatable bonds is 3. The first-order valence-electron chi connectivity index (χ1n) is 7.83. The van der Waals surface area contributed by atoms with Gasteiger partial charge in [0.1, 0.15) is 11.3 Å². The molecular weight excluding hydrogens is 304 g/mol. The maximum absolute atomic E-state index is 12.8. The van der Waals surface area contributed by atoms with Gasteiger partial charge in [-0.3, -0.25) is 14.5 Å². The Bertz CT molecular complexity index is 799. The molecule has 5 nitrogen and oxygen atoms in total. The highest BCUT2D eigenvalue weighted by molar-refractivity contribution is 6.14. The predicted octanol–water partition coefficient (Wildman–Crippen LogP) is 3.14. The average Bonchev–Trinajstić information content (AvgIpc) is 2.55. The number of ether oxygens (including phenoxy) is 1. The Labute approximate surface area is 141 Å². The van der Waals surface area contributed by atoms with E-state index in [9.17, 15) is 9.59 Å². The molecule has 0 aromatic heterocycles. The molecule has 2 aromatic carbocycles. The summed E-state index contributed by atoms with van der Waals surface area (Å²) in [6, 6.07) is 14.8. The lowest BCUT2D eigenvalue weighted by Crippen LogP contribution is -2.59. The first-order valence-corrected chi connectivity index (χ1v) is 7.83. The summed E-state index contributed by atoms with van der Waals surface area (Å²) in [6.45, 7) is 5.25. The van der Waals surface area contributed by atoms with E-state index in [0.717, 1.165) is 5.56 Å². The van der Waals surface area contributed by atoms with Crippen LogP contribution in [0.2, 0.25) is 0 Å². The lowest BCUT2D eigenvalue weighted by molar-refractivity contribution is -0.127. The lowest BCUT2D eigenvalue weighted by atomic mass is 9.96. The number of carbonyl (C=O) groups is 2. The van der Waals surface area contributed by atoms with Gasteiger partial charge >= 0.3 is 0 Å². The van der Waals surface area contributed by atoms with Crippen LogP contribution in [0.3, 0.4) is 0 Å². The largest absolute Gasteiger partial charge is 0.483 e. The standard InChI is InChI=1S/C19H20N2O3/c1-13-8-4-7-11-16(13)24-12-17(22)21-15-10-6-5-9-14(15)20-18(23)19(21,2)3/h4-11H,12H2,1-3H3,(H,20,23). The number of nitrogens with zero attached hydrogens (tertiary/aromatic N) is 1. The number of hydrogen-bond acceptors (Lipinski definition) is 3. The predicted molar refractivity (Wildman–Crippen MR) is 93.3 cm³/mol. The number of anilines is 2. The van der Waals surface area contributed by atoms with Gasteiger partial charge in [-0.2, -0.15) is 0 Å². The minimum atomic E-state index is -0.986.